The number of furan rings is 1. The van der Waals surface area contributed by atoms with Crippen molar-refractivity contribution in [3.05, 3.63) is 36.1 Å². The van der Waals surface area contributed by atoms with Crippen LogP contribution in [0.25, 0.3) is 11.0 Å². The van der Waals surface area contributed by atoms with Crippen LogP contribution in [0.3, 0.4) is 0 Å². The summed E-state index contributed by atoms with van der Waals surface area (Å²) in [4.78, 5) is 27.6. The molecule has 6 heteroatoms. The number of fused-ring (bicyclic) bond motifs is 1. The second-order valence-electron chi connectivity index (χ2n) is 8.55. The van der Waals surface area contributed by atoms with Crippen LogP contribution in [0.4, 0.5) is 0 Å². The molecule has 3 N–H and O–H groups in total. The van der Waals surface area contributed by atoms with Crippen molar-refractivity contribution in [3.8, 4) is 0 Å². The first-order chi connectivity index (χ1) is 13.4. The van der Waals surface area contributed by atoms with Crippen LogP contribution in [0.5, 0.6) is 0 Å². The van der Waals surface area contributed by atoms with E-state index >= 15 is 0 Å². The Morgan fingerprint density at radius 1 is 1.21 bits per heavy atom. The van der Waals surface area contributed by atoms with Gasteiger partial charge in [0.1, 0.15) is 5.58 Å². The second-order valence-corrected chi connectivity index (χ2v) is 8.55. The SMILES string of the molecule is CC1(N)CCCCC1C(=O)N1CCCC(NC(=O)c2cc3ccccc3o2)C1. The highest BCUT2D eigenvalue weighted by Gasteiger charge is 2.40. The van der Waals surface area contributed by atoms with Crippen molar-refractivity contribution in [1.29, 1.82) is 0 Å². The minimum atomic E-state index is -0.431. The lowest BCUT2D eigenvalue weighted by Gasteiger charge is -2.42. The number of nitrogens with two attached hydrogens (primary N) is 1. The van der Waals surface area contributed by atoms with E-state index in [1.54, 1.807) is 6.07 Å². The Balaban J connectivity index is 1.40. The summed E-state index contributed by atoms with van der Waals surface area (Å²) in [6, 6.07) is 9.27. The molecule has 4 rings (SSSR count). The Bertz CT molecular complexity index is 840. The standard InChI is InChI=1S/C22H29N3O3/c1-22(23)11-5-4-9-17(22)21(27)25-12-6-8-16(14-25)24-20(26)19-13-15-7-2-3-10-18(15)28-19/h2-3,7,10,13,16-17H,4-6,8-9,11-12,14,23H2,1H3,(H,24,26). The molecule has 3 unspecified atom stereocenters. The van der Waals surface area contributed by atoms with Gasteiger partial charge in [-0.05, 0) is 44.7 Å². The van der Waals surface area contributed by atoms with Gasteiger partial charge in [-0.25, -0.2) is 0 Å². The highest BCUT2D eigenvalue weighted by molar-refractivity contribution is 5.96. The Morgan fingerprint density at radius 2 is 2.04 bits per heavy atom. The Labute approximate surface area is 165 Å². The molecule has 2 aliphatic rings. The summed E-state index contributed by atoms with van der Waals surface area (Å²) < 4.78 is 5.66. The van der Waals surface area contributed by atoms with Gasteiger partial charge in [0.25, 0.3) is 5.91 Å². The summed E-state index contributed by atoms with van der Waals surface area (Å²) in [5.41, 5.74) is 6.70. The maximum Gasteiger partial charge on any atom is 0.287 e. The highest BCUT2D eigenvalue weighted by Crippen LogP contribution is 2.33. The number of carbonyl (C=O) groups excluding carboxylic acids is 2. The summed E-state index contributed by atoms with van der Waals surface area (Å²) in [7, 11) is 0. The molecule has 2 heterocycles. The lowest BCUT2D eigenvalue weighted by molar-refractivity contribution is -0.140. The van der Waals surface area contributed by atoms with Crippen molar-refractivity contribution in [2.24, 2.45) is 11.7 Å². The van der Waals surface area contributed by atoms with E-state index in [-0.39, 0.29) is 23.8 Å². The van der Waals surface area contributed by atoms with Gasteiger partial charge in [-0.1, -0.05) is 31.0 Å². The maximum absolute atomic E-state index is 13.1. The predicted molar refractivity (Wildman–Crippen MR) is 108 cm³/mol. The van der Waals surface area contributed by atoms with Gasteiger partial charge in [-0.2, -0.15) is 0 Å². The highest BCUT2D eigenvalue weighted by atomic mass is 16.3. The molecule has 1 saturated heterocycles. The summed E-state index contributed by atoms with van der Waals surface area (Å²) >= 11 is 0. The molecule has 2 fully saturated rings. The zero-order valence-electron chi connectivity index (χ0n) is 16.4. The molecular weight excluding hydrogens is 354 g/mol. The fraction of sp³-hybridized carbons (Fsp3) is 0.545. The lowest BCUT2D eigenvalue weighted by Crippen LogP contribution is -2.57. The van der Waals surface area contributed by atoms with E-state index in [0.717, 1.165) is 50.5 Å². The smallest absolute Gasteiger partial charge is 0.287 e. The number of nitrogens with zero attached hydrogens (tertiary/aromatic N) is 1. The largest absolute Gasteiger partial charge is 0.451 e. The van der Waals surface area contributed by atoms with Gasteiger partial charge < -0.3 is 20.4 Å². The third-order valence-corrected chi connectivity index (χ3v) is 6.27. The summed E-state index contributed by atoms with van der Waals surface area (Å²) in [5.74, 6) is 0.113. The topological polar surface area (TPSA) is 88.6 Å². The van der Waals surface area contributed by atoms with E-state index in [9.17, 15) is 9.59 Å². The van der Waals surface area contributed by atoms with Gasteiger partial charge in [0.2, 0.25) is 5.91 Å². The van der Waals surface area contributed by atoms with Gasteiger partial charge in [0.15, 0.2) is 5.76 Å². The predicted octanol–water partition coefficient (Wildman–Crippen LogP) is 3.06. The van der Waals surface area contributed by atoms with E-state index in [2.05, 4.69) is 5.32 Å². The Morgan fingerprint density at radius 3 is 2.82 bits per heavy atom. The van der Waals surface area contributed by atoms with Crippen molar-refractivity contribution >= 4 is 22.8 Å². The quantitative estimate of drug-likeness (QED) is 0.853. The number of nitrogens with one attached hydrogen (secondary N) is 1. The zero-order valence-corrected chi connectivity index (χ0v) is 16.4. The van der Waals surface area contributed by atoms with E-state index in [1.807, 2.05) is 36.1 Å². The molecule has 0 bridgehead atoms. The lowest BCUT2D eigenvalue weighted by atomic mass is 9.74. The molecular formula is C22H29N3O3. The Hall–Kier alpha value is -2.34. The number of para-hydroxylation sites is 1. The number of amides is 2. The van der Waals surface area contributed by atoms with Gasteiger partial charge in [-0.15, -0.1) is 0 Å². The average Bonchev–Trinajstić information content (AvgIpc) is 3.12. The van der Waals surface area contributed by atoms with E-state index in [0.29, 0.717) is 17.9 Å². The van der Waals surface area contributed by atoms with Crippen LogP contribution in [0, 0.1) is 5.92 Å². The molecule has 0 radical (unpaired) electrons. The molecule has 150 valence electrons. The van der Waals surface area contributed by atoms with Crippen molar-refractivity contribution in [2.45, 2.75) is 57.0 Å². The number of benzene rings is 1. The summed E-state index contributed by atoms with van der Waals surface area (Å²) in [5, 5.41) is 3.96. The van der Waals surface area contributed by atoms with Crippen LogP contribution >= 0.6 is 0 Å². The molecule has 2 aromatic rings. The number of rotatable bonds is 3. The van der Waals surface area contributed by atoms with E-state index < -0.39 is 5.54 Å². The molecule has 1 saturated carbocycles. The number of hydrogen-bond donors (Lipinski definition) is 2. The van der Waals surface area contributed by atoms with Gasteiger partial charge in [0.05, 0.1) is 5.92 Å². The number of likely N-dealkylation sites (tertiary alicyclic amines) is 1. The first-order valence-electron chi connectivity index (χ1n) is 10.3. The molecule has 6 nitrogen and oxygen atoms in total. The third kappa shape index (κ3) is 3.78. The number of piperidine rings is 1. The molecule has 3 atom stereocenters. The van der Waals surface area contributed by atoms with Gasteiger partial charge >= 0.3 is 0 Å². The van der Waals surface area contributed by atoms with Crippen LogP contribution < -0.4 is 11.1 Å². The molecule has 28 heavy (non-hydrogen) atoms. The van der Waals surface area contributed by atoms with Crippen molar-refractivity contribution < 1.29 is 14.0 Å². The third-order valence-electron chi connectivity index (χ3n) is 6.27. The van der Waals surface area contributed by atoms with E-state index in [1.165, 1.54) is 0 Å². The molecule has 1 aliphatic heterocycles. The van der Waals surface area contributed by atoms with Crippen molar-refractivity contribution in [1.82, 2.24) is 10.2 Å². The van der Waals surface area contributed by atoms with Gasteiger partial charge in [-0.3, -0.25) is 9.59 Å². The van der Waals surface area contributed by atoms with Crippen molar-refractivity contribution in [2.75, 3.05) is 13.1 Å². The van der Waals surface area contributed by atoms with Gasteiger partial charge in [0, 0.05) is 30.1 Å². The fourth-order valence-corrected chi connectivity index (χ4v) is 4.63. The first-order valence-corrected chi connectivity index (χ1v) is 10.3. The normalized spacial score (nSPS) is 28.3. The zero-order chi connectivity index (χ0) is 19.7. The number of carbonyl (C=O) groups is 2. The Kier molecular flexibility index (Phi) is 5.15. The van der Waals surface area contributed by atoms with E-state index in [4.69, 9.17) is 10.2 Å². The summed E-state index contributed by atoms with van der Waals surface area (Å²) in [6.45, 7) is 3.28. The molecule has 1 aromatic heterocycles. The molecule has 2 amide bonds. The monoisotopic (exact) mass is 383 g/mol. The molecule has 1 aliphatic carbocycles. The van der Waals surface area contributed by atoms with Crippen molar-refractivity contribution in [3.63, 3.8) is 0 Å². The first kappa shape index (κ1) is 19.0. The van der Waals surface area contributed by atoms with Crippen LogP contribution in [-0.2, 0) is 4.79 Å². The van der Waals surface area contributed by atoms with Crippen LogP contribution in [0.1, 0.15) is 56.0 Å². The van der Waals surface area contributed by atoms with Crippen LogP contribution in [0.2, 0.25) is 0 Å². The molecule has 0 spiro atoms. The minimum Gasteiger partial charge on any atom is -0.451 e. The average molecular weight is 383 g/mol. The van der Waals surface area contributed by atoms with Crippen LogP contribution in [0.15, 0.2) is 34.7 Å². The minimum absolute atomic E-state index is 0.0639. The fourth-order valence-electron chi connectivity index (χ4n) is 4.63. The maximum atomic E-state index is 13.1. The van der Waals surface area contributed by atoms with Crippen LogP contribution in [-0.4, -0.2) is 41.4 Å². The second kappa shape index (κ2) is 7.59. The molecule has 1 aromatic carbocycles. The summed E-state index contributed by atoms with van der Waals surface area (Å²) in [6.07, 6.45) is 5.64. The number of hydrogen-bond acceptors (Lipinski definition) is 4.